The molecule has 0 bridgehead atoms. The van der Waals surface area contributed by atoms with Gasteiger partial charge in [-0.2, -0.15) is 0 Å². The maximum atomic E-state index is 11.2. The topological polar surface area (TPSA) is 29.1 Å². The van der Waals surface area contributed by atoms with Crippen LogP contribution in [0.3, 0.4) is 0 Å². The molecule has 0 heterocycles. The molecule has 0 aromatic rings. The van der Waals surface area contributed by atoms with E-state index >= 15 is 0 Å². The number of halogens is 1. The second-order valence-electron chi connectivity index (χ2n) is 3.25. The second-order valence-corrected chi connectivity index (χ2v) is 5.11. The van der Waals surface area contributed by atoms with Gasteiger partial charge in [-0.3, -0.25) is 4.79 Å². The molecule has 0 saturated carbocycles. The molecule has 0 aromatic carbocycles. The molecule has 0 fully saturated rings. The lowest BCUT2D eigenvalue weighted by molar-refractivity contribution is -0.120. The van der Waals surface area contributed by atoms with E-state index in [1.54, 1.807) is 0 Å². The Labute approximate surface area is 94.3 Å². The van der Waals surface area contributed by atoms with Crippen LogP contribution in [0.5, 0.6) is 0 Å². The number of alkyl halides is 1. The summed E-state index contributed by atoms with van der Waals surface area (Å²) in [7, 11) is 0. The Morgan fingerprint density at radius 3 is 2.69 bits per heavy atom. The third-order valence-electron chi connectivity index (χ3n) is 1.80. The Balaban J connectivity index is 3.55. The third-order valence-corrected chi connectivity index (χ3v) is 2.36. The first kappa shape index (κ1) is 12.9. The minimum Gasteiger partial charge on any atom is -0.353 e. The Morgan fingerprint density at radius 1 is 1.62 bits per heavy atom. The largest absolute Gasteiger partial charge is 0.353 e. The normalized spacial score (nSPS) is 14.7. The van der Waals surface area contributed by atoms with E-state index in [1.807, 2.05) is 19.9 Å². The van der Waals surface area contributed by atoms with Gasteiger partial charge >= 0.3 is 0 Å². The molecule has 1 N–H and O–H groups in total. The molecule has 0 aromatic heterocycles. The number of unbranched alkanes of at least 4 members (excludes halogenated alkanes) is 1. The van der Waals surface area contributed by atoms with E-state index in [4.69, 9.17) is 0 Å². The lowest BCUT2D eigenvalue weighted by Crippen LogP contribution is -2.36. The Hall–Kier alpha value is -0.0600. The van der Waals surface area contributed by atoms with E-state index in [9.17, 15) is 4.79 Å². The first-order chi connectivity index (χ1) is 6.07. The predicted molar refractivity (Wildman–Crippen MR) is 65.1 cm³/mol. The van der Waals surface area contributed by atoms with Crippen molar-refractivity contribution in [2.75, 3.05) is 0 Å². The highest BCUT2D eigenvalue weighted by Gasteiger charge is 2.10. The van der Waals surface area contributed by atoms with Gasteiger partial charge in [-0.15, -0.1) is 6.58 Å². The Morgan fingerprint density at radius 2 is 2.23 bits per heavy atom. The summed E-state index contributed by atoms with van der Waals surface area (Å²) in [6.07, 6.45) is 5.07. The molecule has 0 spiro atoms. The van der Waals surface area contributed by atoms with Gasteiger partial charge in [0.15, 0.2) is 0 Å². The van der Waals surface area contributed by atoms with Crippen LogP contribution in [0.2, 0.25) is 0 Å². The molecule has 3 heteroatoms. The molecule has 0 aliphatic rings. The summed E-state index contributed by atoms with van der Waals surface area (Å²) in [4.78, 5) is 11.2. The van der Waals surface area contributed by atoms with Crippen LogP contribution in [-0.4, -0.2) is 15.9 Å². The zero-order chi connectivity index (χ0) is 10.3. The average molecular weight is 295 g/mol. The second kappa shape index (κ2) is 7.35. The average Bonchev–Trinajstić information content (AvgIpc) is 2.04. The van der Waals surface area contributed by atoms with Crippen LogP contribution in [0, 0.1) is 0 Å². The summed E-state index contributed by atoms with van der Waals surface area (Å²) in [5.74, 6) is 0.131. The van der Waals surface area contributed by atoms with Crippen molar-refractivity contribution in [3.63, 3.8) is 0 Å². The van der Waals surface area contributed by atoms with Gasteiger partial charge in [0.2, 0.25) is 5.91 Å². The third kappa shape index (κ3) is 7.05. The summed E-state index contributed by atoms with van der Waals surface area (Å²) >= 11 is 2.12. The van der Waals surface area contributed by atoms with Gasteiger partial charge in [-0.25, -0.2) is 0 Å². The smallest absolute Gasteiger partial charge is 0.232 e. The standard InChI is InChI=1S/C10H18INO/c1-4-5-6-7-8(2)12-10(13)9(3)11/h4,8-9H,1,5-7H2,2-3H3,(H,12,13). The van der Waals surface area contributed by atoms with Gasteiger partial charge in [-0.1, -0.05) is 28.7 Å². The number of carbonyl (C=O) groups is 1. The molecule has 0 radical (unpaired) electrons. The molecule has 0 rings (SSSR count). The fourth-order valence-electron chi connectivity index (χ4n) is 0.998. The number of amides is 1. The fourth-order valence-corrected chi connectivity index (χ4v) is 1.18. The van der Waals surface area contributed by atoms with Gasteiger partial charge < -0.3 is 5.32 Å². The molecule has 1 amide bonds. The number of nitrogens with one attached hydrogen (secondary N) is 1. The fraction of sp³-hybridized carbons (Fsp3) is 0.700. The minimum atomic E-state index is 0.0551. The number of rotatable bonds is 6. The molecular weight excluding hydrogens is 277 g/mol. The van der Waals surface area contributed by atoms with E-state index in [2.05, 4.69) is 34.5 Å². The monoisotopic (exact) mass is 295 g/mol. The Bertz CT molecular complexity index is 168. The maximum absolute atomic E-state index is 11.2. The van der Waals surface area contributed by atoms with Crippen LogP contribution in [0.25, 0.3) is 0 Å². The summed E-state index contributed by atoms with van der Waals surface area (Å²) in [6, 6.07) is 0.282. The summed E-state index contributed by atoms with van der Waals surface area (Å²) in [5.41, 5.74) is 0. The van der Waals surface area contributed by atoms with Crippen molar-refractivity contribution < 1.29 is 4.79 Å². The number of hydrogen-bond donors (Lipinski definition) is 1. The number of hydrogen-bond acceptors (Lipinski definition) is 1. The predicted octanol–water partition coefficient (Wildman–Crippen LogP) is 2.67. The minimum absolute atomic E-state index is 0.0551. The van der Waals surface area contributed by atoms with Crippen LogP contribution in [0.4, 0.5) is 0 Å². The van der Waals surface area contributed by atoms with Crippen molar-refractivity contribution in [2.45, 2.75) is 43.1 Å². The van der Waals surface area contributed by atoms with E-state index in [-0.39, 0.29) is 15.9 Å². The van der Waals surface area contributed by atoms with Crippen LogP contribution in [-0.2, 0) is 4.79 Å². The molecule has 13 heavy (non-hydrogen) atoms. The van der Waals surface area contributed by atoms with Gasteiger partial charge in [-0.05, 0) is 33.1 Å². The molecule has 0 aliphatic carbocycles. The quantitative estimate of drug-likeness (QED) is 0.347. The van der Waals surface area contributed by atoms with Crippen molar-refractivity contribution in [3.8, 4) is 0 Å². The van der Waals surface area contributed by atoms with Crippen LogP contribution >= 0.6 is 22.6 Å². The molecule has 0 saturated heterocycles. The SMILES string of the molecule is C=CCCCC(C)NC(=O)C(C)I. The van der Waals surface area contributed by atoms with E-state index in [0.29, 0.717) is 0 Å². The summed E-state index contributed by atoms with van der Waals surface area (Å²) in [6.45, 7) is 7.60. The number of allylic oxidation sites excluding steroid dienone is 1. The lowest BCUT2D eigenvalue weighted by atomic mass is 10.1. The molecular formula is C10H18INO. The summed E-state index contributed by atoms with van der Waals surface area (Å²) < 4.78 is 0.0551. The molecule has 2 atom stereocenters. The maximum Gasteiger partial charge on any atom is 0.232 e. The van der Waals surface area contributed by atoms with Gasteiger partial charge in [0, 0.05) is 6.04 Å². The van der Waals surface area contributed by atoms with Gasteiger partial charge in [0.25, 0.3) is 0 Å². The van der Waals surface area contributed by atoms with E-state index in [0.717, 1.165) is 19.3 Å². The van der Waals surface area contributed by atoms with Crippen LogP contribution in [0.1, 0.15) is 33.1 Å². The van der Waals surface area contributed by atoms with Crippen molar-refractivity contribution in [1.82, 2.24) is 5.32 Å². The highest BCUT2D eigenvalue weighted by molar-refractivity contribution is 14.1. The molecule has 2 nitrogen and oxygen atoms in total. The van der Waals surface area contributed by atoms with Crippen molar-refractivity contribution in [1.29, 1.82) is 0 Å². The zero-order valence-corrected chi connectivity index (χ0v) is 10.5. The van der Waals surface area contributed by atoms with Crippen molar-refractivity contribution >= 4 is 28.5 Å². The first-order valence-corrected chi connectivity index (χ1v) is 5.87. The van der Waals surface area contributed by atoms with Crippen LogP contribution < -0.4 is 5.32 Å². The van der Waals surface area contributed by atoms with E-state index < -0.39 is 0 Å². The van der Waals surface area contributed by atoms with Crippen molar-refractivity contribution in [2.24, 2.45) is 0 Å². The Kier molecular flexibility index (Phi) is 7.32. The van der Waals surface area contributed by atoms with Crippen LogP contribution in [0.15, 0.2) is 12.7 Å². The van der Waals surface area contributed by atoms with Crippen molar-refractivity contribution in [3.05, 3.63) is 12.7 Å². The lowest BCUT2D eigenvalue weighted by Gasteiger charge is -2.14. The highest BCUT2D eigenvalue weighted by Crippen LogP contribution is 2.03. The zero-order valence-electron chi connectivity index (χ0n) is 8.35. The highest BCUT2D eigenvalue weighted by atomic mass is 127. The van der Waals surface area contributed by atoms with Gasteiger partial charge in [0.1, 0.15) is 0 Å². The molecule has 76 valence electrons. The first-order valence-electron chi connectivity index (χ1n) is 4.63. The number of carbonyl (C=O) groups excluding carboxylic acids is 1. The molecule has 2 unspecified atom stereocenters. The van der Waals surface area contributed by atoms with E-state index in [1.165, 1.54) is 0 Å². The molecule has 0 aliphatic heterocycles. The van der Waals surface area contributed by atoms with Gasteiger partial charge in [0.05, 0.1) is 3.92 Å². The summed E-state index contributed by atoms with van der Waals surface area (Å²) in [5, 5.41) is 2.96.